The molecule has 1 heterocycles. The molecule has 1 aliphatic rings. The summed E-state index contributed by atoms with van der Waals surface area (Å²) in [4.78, 5) is 0. The van der Waals surface area contributed by atoms with Crippen LogP contribution in [0.5, 0.6) is 0 Å². The van der Waals surface area contributed by atoms with Crippen molar-refractivity contribution in [1.29, 1.82) is 5.26 Å². The summed E-state index contributed by atoms with van der Waals surface area (Å²) >= 11 is 0. The Morgan fingerprint density at radius 1 is 1.19 bits per heavy atom. The van der Waals surface area contributed by atoms with Crippen molar-refractivity contribution in [2.24, 2.45) is 0 Å². The standard InChI is InChI=1S/C14H18N2/c1-10-7-13(8-11(2)14(10)9-15)12-3-5-16-6-4-12/h7-8,12,16H,3-6H2,1-2H3. The van der Waals surface area contributed by atoms with Gasteiger partial charge in [-0.3, -0.25) is 0 Å². The average molecular weight is 214 g/mol. The highest BCUT2D eigenvalue weighted by Crippen LogP contribution is 2.28. The van der Waals surface area contributed by atoms with Crippen LogP contribution in [0.25, 0.3) is 0 Å². The number of nitriles is 1. The third-order valence-corrected chi connectivity index (χ3v) is 3.48. The summed E-state index contributed by atoms with van der Waals surface area (Å²) in [6.07, 6.45) is 2.43. The Labute approximate surface area is 97.3 Å². The number of hydrogen-bond donors (Lipinski definition) is 1. The number of piperidine rings is 1. The number of hydrogen-bond acceptors (Lipinski definition) is 2. The van der Waals surface area contributed by atoms with Crippen LogP contribution in [0.2, 0.25) is 0 Å². The van der Waals surface area contributed by atoms with Gasteiger partial charge in [-0.1, -0.05) is 12.1 Å². The van der Waals surface area contributed by atoms with E-state index in [0.29, 0.717) is 5.92 Å². The van der Waals surface area contributed by atoms with Gasteiger partial charge in [-0.15, -0.1) is 0 Å². The third-order valence-electron chi connectivity index (χ3n) is 3.48. The van der Waals surface area contributed by atoms with E-state index in [1.165, 1.54) is 18.4 Å². The summed E-state index contributed by atoms with van der Waals surface area (Å²) < 4.78 is 0. The number of aryl methyl sites for hydroxylation is 2. The first-order chi connectivity index (χ1) is 7.72. The quantitative estimate of drug-likeness (QED) is 0.780. The Balaban J connectivity index is 2.32. The molecule has 0 radical (unpaired) electrons. The molecule has 2 nitrogen and oxygen atoms in total. The lowest BCUT2D eigenvalue weighted by molar-refractivity contribution is 0.460. The summed E-state index contributed by atoms with van der Waals surface area (Å²) in [5, 5.41) is 12.4. The van der Waals surface area contributed by atoms with E-state index in [1.807, 2.05) is 13.8 Å². The molecule has 0 spiro atoms. The maximum Gasteiger partial charge on any atom is 0.0997 e. The van der Waals surface area contributed by atoms with E-state index >= 15 is 0 Å². The summed E-state index contributed by atoms with van der Waals surface area (Å²) in [6, 6.07) is 6.67. The van der Waals surface area contributed by atoms with Crippen LogP contribution >= 0.6 is 0 Å². The Bertz CT molecular complexity index is 400. The van der Waals surface area contributed by atoms with Crippen molar-refractivity contribution in [2.45, 2.75) is 32.6 Å². The highest BCUT2D eigenvalue weighted by Gasteiger charge is 2.16. The molecule has 84 valence electrons. The molecule has 0 aromatic heterocycles. The van der Waals surface area contributed by atoms with Crippen molar-refractivity contribution >= 4 is 0 Å². The number of benzene rings is 1. The van der Waals surface area contributed by atoms with E-state index in [2.05, 4.69) is 23.5 Å². The van der Waals surface area contributed by atoms with E-state index in [0.717, 1.165) is 29.8 Å². The molecule has 1 aromatic carbocycles. The van der Waals surface area contributed by atoms with E-state index < -0.39 is 0 Å². The van der Waals surface area contributed by atoms with Gasteiger partial charge in [0.25, 0.3) is 0 Å². The van der Waals surface area contributed by atoms with Gasteiger partial charge >= 0.3 is 0 Å². The zero-order chi connectivity index (χ0) is 11.5. The number of nitrogens with one attached hydrogen (secondary N) is 1. The smallest absolute Gasteiger partial charge is 0.0997 e. The minimum absolute atomic E-state index is 0.673. The number of rotatable bonds is 1. The van der Waals surface area contributed by atoms with E-state index in [9.17, 15) is 0 Å². The zero-order valence-electron chi connectivity index (χ0n) is 10.0. The Morgan fingerprint density at radius 3 is 2.25 bits per heavy atom. The van der Waals surface area contributed by atoms with Crippen LogP contribution in [0.15, 0.2) is 12.1 Å². The van der Waals surface area contributed by atoms with Gasteiger partial charge in [0.1, 0.15) is 0 Å². The summed E-state index contributed by atoms with van der Waals surface area (Å²) in [5.41, 5.74) is 4.50. The van der Waals surface area contributed by atoms with E-state index in [-0.39, 0.29) is 0 Å². The Kier molecular flexibility index (Phi) is 3.26. The van der Waals surface area contributed by atoms with Gasteiger partial charge in [0.05, 0.1) is 11.6 Å². The molecule has 0 atom stereocenters. The predicted octanol–water partition coefficient (Wildman–Crippen LogP) is 2.64. The largest absolute Gasteiger partial charge is 0.317 e. The van der Waals surface area contributed by atoms with Crippen molar-refractivity contribution in [3.05, 3.63) is 34.4 Å². The molecule has 0 aliphatic carbocycles. The van der Waals surface area contributed by atoms with Gasteiger partial charge in [-0.25, -0.2) is 0 Å². The van der Waals surface area contributed by atoms with Gasteiger partial charge in [-0.2, -0.15) is 5.26 Å². The van der Waals surface area contributed by atoms with E-state index in [1.54, 1.807) is 0 Å². The molecule has 2 heteroatoms. The average Bonchev–Trinajstić information content (AvgIpc) is 2.30. The van der Waals surface area contributed by atoms with Crippen molar-refractivity contribution in [2.75, 3.05) is 13.1 Å². The maximum atomic E-state index is 9.04. The molecular weight excluding hydrogens is 196 g/mol. The normalized spacial score (nSPS) is 17.1. The van der Waals surface area contributed by atoms with Gasteiger partial charge in [-0.05, 0) is 62.4 Å². The Morgan fingerprint density at radius 2 is 1.75 bits per heavy atom. The van der Waals surface area contributed by atoms with E-state index in [4.69, 9.17) is 5.26 Å². The van der Waals surface area contributed by atoms with Crippen LogP contribution in [-0.2, 0) is 0 Å². The lowest BCUT2D eigenvalue weighted by atomic mass is 9.87. The van der Waals surface area contributed by atoms with Crippen molar-refractivity contribution in [3.63, 3.8) is 0 Å². The minimum Gasteiger partial charge on any atom is -0.317 e. The monoisotopic (exact) mass is 214 g/mol. The first-order valence-electron chi connectivity index (χ1n) is 5.94. The fraction of sp³-hybridized carbons (Fsp3) is 0.500. The SMILES string of the molecule is Cc1cc(C2CCNCC2)cc(C)c1C#N. The zero-order valence-corrected chi connectivity index (χ0v) is 10.0. The lowest BCUT2D eigenvalue weighted by Gasteiger charge is -2.24. The second-order valence-electron chi connectivity index (χ2n) is 4.67. The van der Waals surface area contributed by atoms with Crippen LogP contribution in [-0.4, -0.2) is 13.1 Å². The van der Waals surface area contributed by atoms with Crippen molar-refractivity contribution < 1.29 is 0 Å². The highest BCUT2D eigenvalue weighted by molar-refractivity contribution is 5.46. The maximum absolute atomic E-state index is 9.04. The van der Waals surface area contributed by atoms with Crippen LogP contribution in [0.1, 0.15) is 41.0 Å². The second kappa shape index (κ2) is 4.67. The molecule has 1 fully saturated rings. The fourth-order valence-electron chi connectivity index (χ4n) is 2.56. The molecule has 0 amide bonds. The summed E-state index contributed by atoms with van der Waals surface area (Å²) in [5.74, 6) is 0.673. The van der Waals surface area contributed by atoms with Crippen molar-refractivity contribution in [1.82, 2.24) is 5.32 Å². The van der Waals surface area contributed by atoms with Crippen LogP contribution in [0, 0.1) is 25.2 Å². The number of nitrogens with zero attached hydrogens (tertiary/aromatic N) is 1. The topological polar surface area (TPSA) is 35.8 Å². The molecule has 1 N–H and O–H groups in total. The predicted molar refractivity (Wildman–Crippen MR) is 65.5 cm³/mol. The molecule has 0 unspecified atom stereocenters. The van der Waals surface area contributed by atoms with Gasteiger partial charge in [0.15, 0.2) is 0 Å². The van der Waals surface area contributed by atoms with Crippen LogP contribution in [0.3, 0.4) is 0 Å². The molecule has 1 aromatic rings. The molecule has 0 saturated carbocycles. The van der Waals surface area contributed by atoms with Gasteiger partial charge in [0, 0.05) is 0 Å². The summed E-state index contributed by atoms with van der Waals surface area (Å²) in [7, 11) is 0. The van der Waals surface area contributed by atoms with Crippen molar-refractivity contribution in [3.8, 4) is 6.07 Å². The highest BCUT2D eigenvalue weighted by atomic mass is 14.9. The molecule has 1 aliphatic heterocycles. The fourth-order valence-corrected chi connectivity index (χ4v) is 2.56. The van der Waals surface area contributed by atoms with Crippen LogP contribution in [0.4, 0.5) is 0 Å². The molecule has 0 bridgehead atoms. The Hall–Kier alpha value is -1.33. The molecule has 2 rings (SSSR count). The molecule has 1 saturated heterocycles. The first kappa shape index (κ1) is 11.2. The lowest BCUT2D eigenvalue weighted by Crippen LogP contribution is -2.26. The molecular formula is C14H18N2. The third kappa shape index (κ3) is 2.10. The summed E-state index contributed by atoms with van der Waals surface area (Å²) in [6.45, 7) is 6.30. The van der Waals surface area contributed by atoms with Gasteiger partial charge < -0.3 is 5.32 Å². The minimum atomic E-state index is 0.673. The second-order valence-corrected chi connectivity index (χ2v) is 4.67. The first-order valence-corrected chi connectivity index (χ1v) is 5.94. The van der Waals surface area contributed by atoms with Gasteiger partial charge in [0.2, 0.25) is 0 Å². The van der Waals surface area contributed by atoms with Crippen LogP contribution < -0.4 is 5.32 Å². The molecule has 16 heavy (non-hydrogen) atoms.